The van der Waals surface area contributed by atoms with E-state index in [0.29, 0.717) is 11.3 Å². The number of hydrogen-bond donors (Lipinski definition) is 2. The molecule has 0 amide bonds. The number of nitrogens with two attached hydrogens (primary N) is 1. The Kier molecular flexibility index (Phi) is 5.83. The monoisotopic (exact) mass is 203 g/mol. The Balaban J connectivity index is 2.28. The molecule has 1 saturated carbocycles. The summed E-state index contributed by atoms with van der Waals surface area (Å²) in [6.07, 6.45) is 7.73. The average molecular weight is 203 g/mol. The molecule has 2 nitrogen and oxygen atoms in total. The van der Waals surface area contributed by atoms with Gasteiger partial charge in [-0.3, -0.25) is 0 Å². The Hall–Kier alpha value is 0.270. The molecule has 0 aromatic rings. The SMILES string of the molecule is NC1CCCCCCC1SCCO. The van der Waals surface area contributed by atoms with Crippen LogP contribution < -0.4 is 5.73 Å². The van der Waals surface area contributed by atoms with Gasteiger partial charge in [0.25, 0.3) is 0 Å². The van der Waals surface area contributed by atoms with E-state index >= 15 is 0 Å². The summed E-state index contributed by atoms with van der Waals surface area (Å²) >= 11 is 1.85. The third-order valence-electron chi connectivity index (χ3n) is 2.68. The smallest absolute Gasteiger partial charge is 0.0521 e. The van der Waals surface area contributed by atoms with Crippen LogP contribution in [0.25, 0.3) is 0 Å². The van der Waals surface area contributed by atoms with Crippen LogP contribution in [0.15, 0.2) is 0 Å². The van der Waals surface area contributed by atoms with Gasteiger partial charge in [-0.15, -0.1) is 0 Å². The van der Waals surface area contributed by atoms with Crippen LogP contribution in [-0.4, -0.2) is 28.8 Å². The van der Waals surface area contributed by atoms with E-state index in [4.69, 9.17) is 10.8 Å². The summed E-state index contributed by atoms with van der Waals surface area (Å²) in [4.78, 5) is 0. The molecule has 2 unspecified atom stereocenters. The lowest BCUT2D eigenvalue weighted by Gasteiger charge is -2.25. The van der Waals surface area contributed by atoms with Gasteiger partial charge >= 0.3 is 0 Å². The maximum atomic E-state index is 8.75. The summed E-state index contributed by atoms with van der Waals surface area (Å²) in [6.45, 7) is 0.286. The number of aliphatic hydroxyl groups is 1. The third kappa shape index (κ3) is 4.34. The maximum Gasteiger partial charge on any atom is 0.0521 e. The van der Waals surface area contributed by atoms with Crippen molar-refractivity contribution in [3.8, 4) is 0 Å². The molecule has 0 bridgehead atoms. The van der Waals surface area contributed by atoms with Gasteiger partial charge in [-0.05, 0) is 12.8 Å². The van der Waals surface area contributed by atoms with E-state index in [1.165, 1.54) is 38.5 Å². The van der Waals surface area contributed by atoms with E-state index in [1.807, 2.05) is 11.8 Å². The topological polar surface area (TPSA) is 46.2 Å². The number of thioether (sulfide) groups is 1. The number of hydrogen-bond acceptors (Lipinski definition) is 3. The van der Waals surface area contributed by atoms with Gasteiger partial charge < -0.3 is 10.8 Å². The van der Waals surface area contributed by atoms with Gasteiger partial charge in [0.15, 0.2) is 0 Å². The lowest BCUT2D eigenvalue weighted by Crippen LogP contribution is -2.33. The summed E-state index contributed by atoms with van der Waals surface area (Å²) in [6, 6.07) is 0.358. The van der Waals surface area contributed by atoms with Gasteiger partial charge in [-0.1, -0.05) is 25.7 Å². The summed E-state index contributed by atoms with van der Waals surface area (Å²) in [7, 11) is 0. The quantitative estimate of drug-likeness (QED) is 0.735. The van der Waals surface area contributed by atoms with Crippen LogP contribution in [0, 0.1) is 0 Å². The van der Waals surface area contributed by atoms with Crippen LogP contribution in [0.3, 0.4) is 0 Å². The molecule has 0 heterocycles. The fourth-order valence-electron chi connectivity index (χ4n) is 1.89. The molecule has 78 valence electrons. The number of rotatable bonds is 3. The predicted molar refractivity (Wildman–Crippen MR) is 59.0 cm³/mol. The Morgan fingerprint density at radius 1 is 1.15 bits per heavy atom. The first-order valence-corrected chi connectivity index (χ1v) is 6.37. The Morgan fingerprint density at radius 3 is 2.54 bits per heavy atom. The summed E-state index contributed by atoms with van der Waals surface area (Å²) in [5.41, 5.74) is 6.09. The third-order valence-corrected chi connectivity index (χ3v) is 4.11. The molecule has 0 aliphatic heterocycles. The van der Waals surface area contributed by atoms with Crippen molar-refractivity contribution in [2.75, 3.05) is 12.4 Å². The highest BCUT2D eigenvalue weighted by molar-refractivity contribution is 7.99. The van der Waals surface area contributed by atoms with Gasteiger partial charge in [0, 0.05) is 17.0 Å². The minimum atomic E-state index is 0.286. The van der Waals surface area contributed by atoms with Crippen LogP contribution >= 0.6 is 11.8 Å². The average Bonchev–Trinajstić information content (AvgIpc) is 2.11. The van der Waals surface area contributed by atoms with E-state index in [1.54, 1.807) is 0 Å². The van der Waals surface area contributed by atoms with E-state index in [-0.39, 0.29) is 6.61 Å². The molecular weight excluding hydrogens is 182 g/mol. The van der Waals surface area contributed by atoms with E-state index in [9.17, 15) is 0 Å². The minimum Gasteiger partial charge on any atom is -0.396 e. The van der Waals surface area contributed by atoms with Crippen LogP contribution in [0.4, 0.5) is 0 Å². The van der Waals surface area contributed by atoms with Crippen molar-refractivity contribution in [2.45, 2.75) is 49.8 Å². The molecule has 1 rings (SSSR count). The standard InChI is InChI=1S/C10H21NOS/c11-9-5-3-1-2-4-6-10(9)13-8-7-12/h9-10,12H,1-8,11H2. The Bertz CT molecular complexity index is 130. The summed E-state index contributed by atoms with van der Waals surface area (Å²) in [5, 5.41) is 9.34. The van der Waals surface area contributed by atoms with Gasteiger partial charge in [0.05, 0.1) is 6.61 Å². The molecule has 0 aromatic heterocycles. The fourth-order valence-corrected chi connectivity index (χ4v) is 3.01. The molecule has 1 aliphatic rings. The molecular formula is C10H21NOS. The van der Waals surface area contributed by atoms with Crippen LogP contribution in [-0.2, 0) is 0 Å². The first-order chi connectivity index (χ1) is 6.34. The molecule has 1 fully saturated rings. The molecule has 0 radical (unpaired) electrons. The van der Waals surface area contributed by atoms with Crippen molar-refractivity contribution >= 4 is 11.8 Å². The molecule has 0 spiro atoms. The van der Waals surface area contributed by atoms with Crippen LogP contribution in [0.5, 0.6) is 0 Å². The lowest BCUT2D eigenvalue weighted by atomic mass is 9.97. The minimum absolute atomic E-state index is 0.286. The van der Waals surface area contributed by atoms with E-state index in [0.717, 1.165) is 5.75 Å². The highest BCUT2D eigenvalue weighted by Gasteiger charge is 2.18. The van der Waals surface area contributed by atoms with E-state index < -0.39 is 0 Å². The van der Waals surface area contributed by atoms with Crippen molar-refractivity contribution in [1.29, 1.82) is 0 Å². The lowest BCUT2D eigenvalue weighted by molar-refractivity contribution is 0.322. The van der Waals surface area contributed by atoms with Gasteiger partial charge in [0.2, 0.25) is 0 Å². The first kappa shape index (κ1) is 11.3. The van der Waals surface area contributed by atoms with Crippen molar-refractivity contribution in [2.24, 2.45) is 5.73 Å². The van der Waals surface area contributed by atoms with Gasteiger partial charge in [-0.2, -0.15) is 11.8 Å². The van der Waals surface area contributed by atoms with Crippen molar-refractivity contribution in [3.05, 3.63) is 0 Å². The van der Waals surface area contributed by atoms with Gasteiger partial charge in [0.1, 0.15) is 0 Å². The second kappa shape index (κ2) is 6.68. The van der Waals surface area contributed by atoms with Gasteiger partial charge in [-0.25, -0.2) is 0 Å². The van der Waals surface area contributed by atoms with E-state index in [2.05, 4.69) is 0 Å². The molecule has 1 aliphatic carbocycles. The summed E-state index contributed by atoms with van der Waals surface area (Å²) in [5.74, 6) is 0.846. The first-order valence-electron chi connectivity index (χ1n) is 5.32. The fraction of sp³-hybridized carbons (Fsp3) is 1.00. The highest BCUT2D eigenvalue weighted by atomic mass is 32.2. The zero-order valence-electron chi connectivity index (χ0n) is 8.24. The molecule has 3 heteroatoms. The second-order valence-corrected chi connectivity index (χ2v) is 5.14. The molecule has 2 atom stereocenters. The largest absolute Gasteiger partial charge is 0.396 e. The zero-order valence-corrected chi connectivity index (χ0v) is 9.06. The Labute approximate surface area is 85.3 Å². The van der Waals surface area contributed by atoms with Crippen LogP contribution in [0.1, 0.15) is 38.5 Å². The van der Waals surface area contributed by atoms with Crippen molar-refractivity contribution in [1.82, 2.24) is 0 Å². The predicted octanol–water partition coefficient (Wildman–Crippen LogP) is 1.76. The molecule has 0 saturated heterocycles. The van der Waals surface area contributed by atoms with Crippen molar-refractivity contribution in [3.63, 3.8) is 0 Å². The zero-order chi connectivity index (χ0) is 9.52. The second-order valence-electron chi connectivity index (χ2n) is 3.79. The summed E-state index contributed by atoms with van der Waals surface area (Å²) < 4.78 is 0. The van der Waals surface area contributed by atoms with Crippen molar-refractivity contribution < 1.29 is 5.11 Å². The number of aliphatic hydroxyl groups excluding tert-OH is 1. The maximum absolute atomic E-state index is 8.75. The Morgan fingerprint density at radius 2 is 1.85 bits per heavy atom. The molecule has 3 N–H and O–H groups in total. The normalized spacial score (nSPS) is 30.9. The molecule has 0 aromatic carbocycles. The molecule has 13 heavy (non-hydrogen) atoms. The highest BCUT2D eigenvalue weighted by Crippen LogP contribution is 2.25. The van der Waals surface area contributed by atoms with Crippen LogP contribution in [0.2, 0.25) is 0 Å².